The van der Waals surface area contributed by atoms with Crippen LogP contribution in [0.2, 0.25) is 0 Å². The number of ether oxygens (including phenoxy) is 1. The summed E-state index contributed by atoms with van der Waals surface area (Å²) in [5.74, 6) is 0.975. The van der Waals surface area contributed by atoms with Crippen molar-refractivity contribution in [2.45, 2.75) is 25.6 Å². The van der Waals surface area contributed by atoms with Crippen molar-refractivity contribution in [2.75, 3.05) is 31.3 Å². The normalized spacial score (nSPS) is 17.7. The predicted octanol–water partition coefficient (Wildman–Crippen LogP) is 3.60. The fourth-order valence-electron chi connectivity index (χ4n) is 3.15. The van der Waals surface area contributed by atoms with E-state index in [0.717, 1.165) is 25.4 Å². The highest BCUT2D eigenvalue weighted by atomic mass is 32.2. The first kappa shape index (κ1) is 18.1. The zero-order valence-electron chi connectivity index (χ0n) is 15.2. The van der Waals surface area contributed by atoms with E-state index >= 15 is 0 Å². The average molecular weight is 358 g/mol. The molecule has 0 amide bonds. The summed E-state index contributed by atoms with van der Waals surface area (Å²) >= 11 is 1.65. The molecule has 3 rings (SSSR count). The number of benzene rings is 2. The topological polar surface area (TPSA) is 36.5 Å². The molecule has 25 heavy (non-hydrogen) atoms. The predicted molar refractivity (Wildman–Crippen MR) is 107 cm³/mol. The lowest BCUT2D eigenvalue weighted by Gasteiger charge is -2.33. The van der Waals surface area contributed by atoms with Crippen molar-refractivity contribution in [3.05, 3.63) is 59.7 Å². The van der Waals surface area contributed by atoms with Crippen molar-refractivity contribution < 1.29 is 4.74 Å². The van der Waals surface area contributed by atoms with Gasteiger partial charge in [-0.15, -0.1) is 0 Å². The number of hydrogen-bond acceptors (Lipinski definition) is 5. The van der Waals surface area contributed by atoms with Gasteiger partial charge in [-0.25, -0.2) is 0 Å². The Morgan fingerprint density at radius 2 is 1.96 bits per heavy atom. The van der Waals surface area contributed by atoms with Crippen LogP contribution in [0, 0.1) is 0 Å². The molecule has 2 aromatic carbocycles. The van der Waals surface area contributed by atoms with Gasteiger partial charge in [0, 0.05) is 26.2 Å². The third-order valence-corrected chi connectivity index (χ3v) is 5.11. The molecule has 0 aliphatic carbocycles. The second-order valence-electron chi connectivity index (χ2n) is 6.50. The molecule has 0 saturated carbocycles. The number of para-hydroxylation sites is 2. The van der Waals surface area contributed by atoms with Crippen molar-refractivity contribution in [1.29, 1.82) is 0 Å². The minimum atomic E-state index is 0.171. The standard InChI is InChI=1S/C20H27N3OS/c1-15(22-25-3)17-10-8-16(9-11-17)12-21-13-18-14-23(2)19-6-4-5-7-20(19)24-18/h4-11,15,18,21-22H,12-14H2,1-3H3/t15-,18?/m1/s1. The number of hydrogen-bond donors (Lipinski definition) is 2. The summed E-state index contributed by atoms with van der Waals surface area (Å²) in [4.78, 5) is 2.26. The first-order valence-corrected chi connectivity index (χ1v) is 9.94. The van der Waals surface area contributed by atoms with Gasteiger partial charge in [0.15, 0.2) is 0 Å². The molecule has 1 unspecified atom stereocenters. The minimum absolute atomic E-state index is 0.171. The van der Waals surface area contributed by atoms with Gasteiger partial charge in [0.1, 0.15) is 11.9 Å². The van der Waals surface area contributed by atoms with Crippen LogP contribution >= 0.6 is 11.9 Å². The Kier molecular flexibility index (Phi) is 6.24. The van der Waals surface area contributed by atoms with Gasteiger partial charge in [-0.1, -0.05) is 48.3 Å². The number of nitrogens with one attached hydrogen (secondary N) is 2. The minimum Gasteiger partial charge on any atom is -0.485 e. The van der Waals surface area contributed by atoms with E-state index in [0.29, 0.717) is 6.04 Å². The molecule has 4 nitrogen and oxygen atoms in total. The molecule has 2 atom stereocenters. The summed E-state index contributed by atoms with van der Waals surface area (Å²) in [6.07, 6.45) is 2.22. The third-order valence-electron chi connectivity index (χ3n) is 4.52. The molecule has 0 radical (unpaired) electrons. The maximum absolute atomic E-state index is 6.10. The van der Waals surface area contributed by atoms with Crippen molar-refractivity contribution in [2.24, 2.45) is 0 Å². The third kappa shape index (κ3) is 4.69. The smallest absolute Gasteiger partial charge is 0.143 e. The van der Waals surface area contributed by atoms with Crippen molar-refractivity contribution >= 4 is 17.6 Å². The summed E-state index contributed by atoms with van der Waals surface area (Å²) < 4.78 is 9.46. The van der Waals surface area contributed by atoms with Crippen molar-refractivity contribution in [1.82, 2.24) is 10.0 Å². The van der Waals surface area contributed by atoms with Crippen LogP contribution in [0.15, 0.2) is 48.5 Å². The summed E-state index contributed by atoms with van der Waals surface area (Å²) in [5.41, 5.74) is 3.78. The van der Waals surface area contributed by atoms with E-state index in [9.17, 15) is 0 Å². The fourth-order valence-corrected chi connectivity index (χ4v) is 3.64. The van der Waals surface area contributed by atoms with Gasteiger partial charge in [-0.2, -0.15) is 0 Å². The van der Waals surface area contributed by atoms with E-state index in [1.165, 1.54) is 16.8 Å². The van der Waals surface area contributed by atoms with E-state index < -0.39 is 0 Å². The summed E-state index contributed by atoms with van der Waals surface area (Å²) in [6, 6.07) is 17.4. The molecule has 1 heterocycles. The van der Waals surface area contributed by atoms with Crippen molar-refractivity contribution in [3.63, 3.8) is 0 Å². The molecule has 0 fully saturated rings. The first-order chi connectivity index (χ1) is 12.2. The van der Waals surface area contributed by atoms with Crippen LogP contribution in [0.1, 0.15) is 24.1 Å². The highest BCUT2D eigenvalue weighted by molar-refractivity contribution is 7.96. The molecule has 134 valence electrons. The molecule has 0 bridgehead atoms. The van der Waals surface area contributed by atoms with Gasteiger partial charge in [0.25, 0.3) is 0 Å². The Labute approximate surface area is 155 Å². The molecule has 5 heteroatoms. The quantitative estimate of drug-likeness (QED) is 0.741. The molecule has 0 spiro atoms. The zero-order chi connectivity index (χ0) is 17.6. The maximum atomic E-state index is 6.10. The van der Waals surface area contributed by atoms with Crippen LogP contribution in [0.5, 0.6) is 5.75 Å². The van der Waals surface area contributed by atoms with E-state index in [2.05, 4.69) is 71.6 Å². The average Bonchev–Trinajstić information content (AvgIpc) is 2.62. The van der Waals surface area contributed by atoms with E-state index in [4.69, 9.17) is 4.74 Å². The number of likely N-dealkylation sites (N-methyl/N-ethyl adjacent to an activating group) is 1. The largest absolute Gasteiger partial charge is 0.485 e. The van der Waals surface area contributed by atoms with Crippen molar-refractivity contribution in [3.8, 4) is 5.75 Å². The molecule has 2 aromatic rings. The number of rotatable bonds is 7. The highest BCUT2D eigenvalue weighted by Crippen LogP contribution is 2.31. The molecule has 0 saturated heterocycles. The van der Waals surface area contributed by atoms with E-state index in [1.54, 1.807) is 11.9 Å². The maximum Gasteiger partial charge on any atom is 0.143 e. The summed E-state index contributed by atoms with van der Waals surface area (Å²) in [6.45, 7) is 4.78. The molecular weight excluding hydrogens is 330 g/mol. The Morgan fingerprint density at radius 3 is 2.72 bits per heavy atom. The fraction of sp³-hybridized carbons (Fsp3) is 0.400. The Balaban J connectivity index is 1.49. The SMILES string of the molecule is CSN[C@H](C)c1ccc(CNCC2CN(C)c3ccccc3O2)cc1. The van der Waals surface area contributed by atoms with Gasteiger partial charge in [-0.05, 0) is 36.4 Å². The molecular formula is C20H27N3OS. The lowest BCUT2D eigenvalue weighted by Crippen LogP contribution is -2.43. The summed E-state index contributed by atoms with van der Waals surface area (Å²) in [5, 5.41) is 3.53. The Morgan fingerprint density at radius 1 is 1.20 bits per heavy atom. The van der Waals surface area contributed by atoms with E-state index in [-0.39, 0.29) is 6.10 Å². The van der Waals surface area contributed by atoms with Gasteiger partial charge in [0.2, 0.25) is 0 Å². The Hall–Kier alpha value is -1.69. The van der Waals surface area contributed by atoms with Crippen LogP contribution in [-0.2, 0) is 6.54 Å². The Bertz CT molecular complexity index is 677. The molecule has 1 aliphatic heterocycles. The summed E-state index contributed by atoms with van der Waals surface area (Å²) in [7, 11) is 2.12. The second-order valence-corrected chi connectivity index (χ2v) is 7.15. The lowest BCUT2D eigenvalue weighted by molar-refractivity contribution is 0.192. The molecule has 0 aromatic heterocycles. The monoisotopic (exact) mass is 357 g/mol. The number of fused-ring (bicyclic) bond motifs is 1. The van der Waals surface area contributed by atoms with Gasteiger partial charge < -0.3 is 15.0 Å². The zero-order valence-corrected chi connectivity index (χ0v) is 16.0. The van der Waals surface area contributed by atoms with Gasteiger partial charge >= 0.3 is 0 Å². The molecule has 1 aliphatic rings. The molecule has 2 N–H and O–H groups in total. The van der Waals surface area contributed by atoms with Crippen LogP contribution < -0.4 is 19.7 Å². The van der Waals surface area contributed by atoms with Gasteiger partial charge in [-0.3, -0.25) is 4.72 Å². The first-order valence-electron chi connectivity index (χ1n) is 8.72. The lowest BCUT2D eigenvalue weighted by atomic mass is 10.1. The number of anilines is 1. The number of nitrogens with zero attached hydrogens (tertiary/aromatic N) is 1. The second kappa shape index (κ2) is 8.61. The van der Waals surface area contributed by atoms with E-state index in [1.807, 2.05) is 12.1 Å². The van der Waals surface area contributed by atoms with Crippen LogP contribution in [0.3, 0.4) is 0 Å². The van der Waals surface area contributed by atoms with Gasteiger partial charge in [0.05, 0.1) is 12.2 Å². The van der Waals surface area contributed by atoms with Crippen LogP contribution in [0.4, 0.5) is 5.69 Å². The van der Waals surface area contributed by atoms with Crippen LogP contribution in [0.25, 0.3) is 0 Å². The highest BCUT2D eigenvalue weighted by Gasteiger charge is 2.22. The van der Waals surface area contributed by atoms with Crippen LogP contribution in [-0.4, -0.2) is 32.5 Å².